The standard InChI is InChI=1S/C14H16F3NO3/c1-4-21-12(19)7-18(8(2)3)14(20)9-5-10(15)13(17)11(16)6-9/h5-6,8H,4,7H2,1-3H3. The summed E-state index contributed by atoms with van der Waals surface area (Å²) in [5.41, 5.74) is -0.371. The van der Waals surface area contributed by atoms with Crippen molar-refractivity contribution in [2.75, 3.05) is 13.2 Å². The number of amides is 1. The smallest absolute Gasteiger partial charge is 0.325 e. The highest BCUT2D eigenvalue weighted by Gasteiger charge is 2.24. The molecule has 0 saturated carbocycles. The van der Waals surface area contributed by atoms with Crippen molar-refractivity contribution in [2.45, 2.75) is 26.8 Å². The van der Waals surface area contributed by atoms with E-state index in [0.717, 1.165) is 4.90 Å². The Bertz CT molecular complexity index is 523. The van der Waals surface area contributed by atoms with E-state index in [4.69, 9.17) is 4.74 Å². The second kappa shape index (κ2) is 7.10. The first-order valence-corrected chi connectivity index (χ1v) is 6.39. The van der Waals surface area contributed by atoms with E-state index in [1.807, 2.05) is 0 Å². The van der Waals surface area contributed by atoms with Crippen molar-refractivity contribution < 1.29 is 27.5 Å². The first-order valence-electron chi connectivity index (χ1n) is 6.39. The minimum atomic E-state index is -1.65. The summed E-state index contributed by atoms with van der Waals surface area (Å²) in [5.74, 6) is -5.98. The molecule has 0 bridgehead atoms. The summed E-state index contributed by atoms with van der Waals surface area (Å²) < 4.78 is 44.0. The Kier molecular flexibility index (Phi) is 5.75. The van der Waals surface area contributed by atoms with Crippen LogP contribution in [-0.2, 0) is 9.53 Å². The number of carbonyl (C=O) groups is 2. The lowest BCUT2D eigenvalue weighted by Gasteiger charge is -2.25. The van der Waals surface area contributed by atoms with Crippen LogP contribution in [0.3, 0.4) is 0 Å². The summed E-state index contributed by atoms with van der Waals surface area (Å²) in [6, 6.07) is 0.792. The van der Waals surface area contributed by atoms with Crippen LogP contribution in [-0.4, -0.2) is 36.0 Å². The van der Waals surface area contributed by atoms with E-state index < -0.39 is 35.4 Å². The molecule has 21 heavy (non-hydrogen) atoms. The Balaban J connectivity index is 3.04. The maximum Gasteiger partial charge on any atom is 0.325 e. The van der Waals surface area contributed by atoms with Gasteiger partial charge >= 0.3 is 5.97 Å². The molecule has 0 aliphatic heterocycles. The van der Waals surface area contributed by atoms with Gasteiger partial charge in [-0.3, -0.25) is 9.59 Å². The molecular weight excluding hydrogens is 287 g/mol. The topological polar surface area (TPSA) is 46.6 Å². The summed E-state index contributed by atoms with van der Waals surface area (Å²) in [6.07, 6.45) is 0. The molecule has 0 aliphatic rings. The van der Waals surface area contributed by atoms with Gasteiger partial charge in [0.15, 0.2) is 17.5 Å². The molecule has 0 spiro atoms. The lowest BCUT2D eigenvalue weighted by molar-refractivity contribution is -0.144. The average molecular weight is 303 g/mol. The average Bonchev–Trinajstić information content (AvgIpc) is 2.40. The third-order valence-corrected chi connectivity index (χ3v) is 2.72. The first-order chi connectivity index (χ1) is 9.77. The molecule has 0 atom stereocenters. The fourth-order valence-corrected chi connectivity index (χ4v) is 1.68. The number of benzene rings is 1. The van der Waals surface area contributed by atoms with E-state index in [0.29, 0.717) is 12.1 Å². The number of esters is 1. The van der Waals surface area contributed by atoms with Crippen molar-refractivity contribution in [2.24, 2.45) is 0 Å². The van der Waals surface area contributed by atoms with Crippen molar-refractivity contribution in [3.8, 4) is 0 Å². The van der Waals surface area contributed by atoms with Crippen LogP contribution in [0.1, 0.15) is 31.1 Å². The molecule has 4 nitrogen and oxygen atoms in total. The summed E-state index contributed by atoms with van der Waals surface area (Å²) in [7, 11) is 0. The van der Waals surface area contributed by atoms with E-state index in [-0.39, 0.29) is 18.7 Å². The molecule has 1 aromatic rings. The van der Waals surface area contributed by atoms with Gasteiger partial charge in [-0.2, -0.15) is 0 Å². The van der Waals surface area contributed by atoms with E-state index in [1.165, 1.54) is 0 Å². The molecule has 1 amide bonds. The maximum absolute atomic E-state index is 13.2. The molecule has 0 aliphatic carbocycles. The predicted molar refractivity (Wildman–Crippen MR) is 69.1 cm³/mol. The van der Waals surface area contributed by atoms with Crippen LogP contribution in [0.15, 0.2) is 12.1 Å². The Morgan fingerprint density at radius 2 is 1.71 bits per heavy atom. The molecule has 0 heterocycles. The van der Waals surface area contributed by atoms with Gasteiger partial charge in [-0.05, 0) is 32.9 Å². The normalized spacial score (nSPS) is 10.6. The fraction of sp³-hybridized carbons (Fsp3) is 0.429. The number of halogens is 3. The minimum Gasteiger partial charge on any atom is -0.465 e. The maximum atomic E-state index is 13.2. The molecule has 116 valence electrons. The molecule has 0 radical (unpaired) electrons. The highest BCUT2D eigenvalue weighted by atomic mass is 19.2. The highest BCUT2D eigenvalue weighted by Crippen LogP contribution is 2.16. The molecule has 7 heteroatoms. The minimum absolute atomic E-state index is 0.152. The molecule has 0 fully saturated rings. The van der Waals surface area contributed by atoms with Crippen molar-refractivity contribution in [3.05, 3.63) is 35.1 Å². The van der Waals surface area contributed by atoms with Crippen LogP contribution >= 0.6 is 0 Å². The molecule has 1 rings (SSSR count). The van der Waals surface area contributed by atoms with Gasteiger partial charge < -0.3 is 9.64 Å². The van der Waals surface area contributed by atoms with E-state index in [1.54, 1.807) is 20.8 Å². The van der Waals surface area contributed by atoms with Gasteiger partial charge in [-0.25, -0.2) is 13.2 Å². The summed E-state index contributed by atoms with van der Waals surface area (Å²) in [6.45, 7) is 4.68. The van der Waals surface area contributed by atoms with Gasteiger partial charge in [-0.15, -0.1) is 0 Å². The van der Waals surface area contributed by atoms with E-state index in [9.17, 15) is 22.8 Å². The zero-order valence-electron chi connectivity index (χ0n) is 12.0. The second-order valence-corrected chi connectivity index (χ2v) is 4.59. The summed E-state index contributed by atoms with van der Waals surface area (Å²) in [5, 5.41) is 0. The van der Waals surface area contributed by atoms with Crippen LogP contribution in [0, 0.1) is 17.5 Å². The van der Waals surface area contributed by atoms with Gasteiger partial charge in [0.05, 0.1) is 6.61 Å². The van der Waals surface area contributed by atoms with Gasteiger partial charge in [0, 0.05) is 11.6 Å². The SMILES string of the molecule is CCOC(=O)CN(C(=O)c1cc(F)c(F)c(F)c1)C(C)C. The number of carbonyl (C=O) groups excluding carboxylic acids is 2. The van der Waals surface area contributed by atoms with Crippen LogP contribution in [0.4, 0.5) is 13.2 Å². The van der Waals surface area contributed by atoms with Crippen molar-refractivity contribution >= 4 is 11.9 Å². The Morgan fingerprint density at radius 1 is 1.19 bits per heavy atom. The molecule has 1 aromatic carbocycles. The molecule has 0 saturated heterocycles. The van der Waals surface area contributed by atoms with Crippen LogP contribution in [0.25, 0.3) is 0 Å². The molecule has 0 unspecified atom stereocenters. The Hall–Kier alpha value is -2.05. The zero-order valence-corrected chi connectivity index (χ0v) is 12.0. The zero-order chi connectivity index (χ0) is 16.2. The first kappa shape index (κ1) is 17.0. The van der Waals surface area contributed by atoms with E-state index >= 15 is 0 Å². The van der Waals surface area contributed by atoms with Crippen LogP contribution in [0.5, 0.6) is 0 Å². The number of ether oxygens (including phenoxy) is 1. The lowest BCUT2D eigenvalue weighted by atomic mass is 10.1. The molecule has 0 N–H and O–H groups in total. The van der Waals surface area contributed by atoms with Gasteiger partial charge in [0.25, 0.3) is 5.91 Å². The number of rotatable bonds is 5. The van der Waals surface area contributed by atoms with E-state index in [2.05, 4.69) is 0 Å². The highest BCUT2D eigenvalue weighted by molar-refractivity contribution is 5.96. The predicted octanol–water partition coefficient (Wildman–Crippen LogP) is 2.52. The summed E-state index contributed by atoms with van der Waals surface area (Å²) >= 11 is 0. The number of hydrogen-bond acceptors (Lipinski definition) is 3. The van der Waals surface area contributed by atoms with Gasteiger partial charge in [0.1, 0.15) is 6.54 Å². The molecule has 0 aromatic heterocycles. The number of nitrogens with zero attached hydrogens (tertiary/aromatic N) is 1. The molecular formula is C14H16F3NO3. The van der Waals surface area contributed by atoms with Gasteiger partial charge in [-0.1, -0.05) is 0 Å². The Morgan fingerprint density at radius 3 is 2.14 bits per heavy atom. The fourth-order valence-electron chi connectivity index (χ4n) is 1.68. The monoisotopic (exact) mass is 303 g/mol. The van der Waals surface area contributed by atoms with Crippen molar-refractivity contribution in [1.29, 1.82) is 0 Å². The van der Waals surface area contributed by atoms with Crippen molar-refractivity contribution in [1.82, 2.24) is 4.90 Å². The number of hydrogen-bond donors (Lipinski definition) is 0. The largest absolute Gasteiger partial charge is 0.465 e. The van der Waals surface area contributed by atoms with Gasteiger partial charge in [0.2, 0.25) is 0 Å². The van der Waals surface area contributed by atoms with Crippen LogP contribution < -0.4 is 0 Å². The van der Waals surface area contributed by atoms with Crippen molar-refractivity contribution in [3.63, 3.8) is 0 Å². The third kappa shape index (κ3) is 4.21. The third-order valence-electron chi connectivity index (χ3n) is 2.72. The Labute approximate surface area is 120 Å². The second-order valence-electron chi connectivity index (χ2n) is 4.59. The summed E-state index contributed by atoms with van der Waals surface area (Å²) in [4.78, 5) is 24.7. The lowest BCUT2D eigenvalue weighted by Crippen LogP contribution is -2.41. The quantitative estimate of drug-likeness (QED) is 0.620. The van der Waals surface area contributed by atoms with Crippen LogP contribution in [0.2, 0.25) is 0 Å².